The van der Waals surface area contributed by atoms with Gasteiger partial charge in [0.05, 0.1) is 16.8 Å². The van der Waals surface area contributed by atoms with Gasteiger partial charge in [-0.15, -0.1) is 23.2 Å². The zero-order valence-electron chi connectivity index (χ0n) is 12.2. The topological polar surface area (TPSA) is 23.8 Å². The second-order valence-corrected chi connectivity index (χ2v) is 6.39. The van der Waals surface area contributed by atoms with Crippen molar-refractivity contribution in [2.24, 2.45) is 5.92 Å². The van der Waals surface area contributed by atoms with Gasteiger partial charge in [0.25, 0.3) is 0 Å². The maximum absolute atomic E-state index is 12.9. The normalized spacial score (nSPS) is 14.7. The number of hydrogen-bond donors (Lipinski definition) is 0. The molecule has 0 bridgehead atoms. The molecule has 0 saturated heterocycles. The van der Waals surface area contributed by atoms with Crippen molar-refractivity contribution in [3.63, 3.8) is 0 Å². The third kappa shape index (κ3) is 5.20. The molecular formula is C18H15Cl2F2N. The Morgan fingerprint density at radius 1 is 0.783 bits per heavy atom. The third-order valence-corrected chi connectivity index (χ3v) is 4.49. The van der Waals surface area contributed by atoms with Crippen molar-refractivity contribution in [3.8, 4) is 6.07 Å². The lowest BCUT2D eigenvalue weighted by molar-refractivity contribution is 0.537. The van der Waals surface area contributed by atoms with E-state index in [4.69, 9.17) is 23.2 Å². The summed E-state index contributed by atoms with van der Waals surface area (Å²) in [5.74, 6) is -1.01. The molecule has 0 N–H and O–H groups in total. The largest absolute Gasteiger partial charge is 0.207 e. The lowest BCUT2D eigenvalue weighted by atomic mass is 9.93. The molecule has 0 aliphatic rings. The second-order valence-electron chi connectivity index (χ2n) is 5.34. The van der Waals surface area contributed by atoms with E-state index in [9.17, 15) is 14.0 Å². The van der Waals surface area contributed by atoms with Crippen molar-refractivity contribution in [2.45, 2.75) is 23.6 Å². The molecule has 120 valence electrons. The molecule has 5 heteroatoms. The average Bonchev–Trinajstić information content (AvgIpc) is 2.55. The third-order valence-electron chi connectivity index (χ3n) is 3.63. The number of benzene rings is 2. The highest BCUT2D eigenvalue weighted by molar-refractivity contribution is 6.21. The van der Waals surface area contributed by atoms with Crippen LogP contribution in [-0.4, -0.2) is 0 Å². The molecule has 0 aromatic heterocycles. The van der Waals surface area contributed by atoms with Crippen molar-refractivity contribution in [1.82, 2.24) is 0 Å². The first kappa shape index (κ1) is 17.7. The van der Waals surface area contributed by atoms with Gasteiger partial charge in [-0.1, -0.05) is 24.3 Å². The van der Waals surface area contributed by atoms with Gasteiger partial charge in [-0.2, -0.15) is 5.26 Å². The van der Waals surface area contributed by atoms with Crippen LogP contribution < -0.4 is 0 Å². The monoisotopic (exact) mass is 353 g/mol. The first-order chi connectivity index (χ1) is 11.0. The van der Waals surface area contributed by atoms with Crippen LogP contribution in [0.25, 0.3) is 0 Å². The van der Waals surface area contributed by atoms with Gasteiger partial charge in [0.2, 0.25) is 0 Å². The minimum absolute atomic E-state index is 0.327. The summed E-state index contributed by atoms with van der Waals surface area (Å²) in [6.07, 6.45) is 0.822. The number of nitriles is 1. The van der Waals surface area contributed by atoms with E-state index in [0.29, 0.717) is 12.8 Å². The fourth-order valence-corrected chi connectivity index (χ4v) is 3.04. The van der Waals surface area contributed by atoms with E-state index in [1.807, 2.05) is 0 Å². The summed E-state index contributed by atoms with van der Waals surface area (Å²) in [4.78, 5) is 0. The van der Waals surface area contributed by atoms with E-state index < -0.39 is 10.8 Å². The van der Waals surface area contributed by atoms with Gasteiger partial charge in [-0.05, 0) is 48.2 Å². The first-order valence-electron chi connectivity index (χ1n) is 7.18. The molecule has 23 heavy (non-hydrogen) atoms. The molecule has 2 unspecified atom stereocenters. The van der Waals surface area contributed by atoms with Gasteiger partial charge in [0.15, 0.2) is 0 Å². The van der Waals surface area contributed by atoms with Gasteiger partial charge >= 0.3 is 0 Å². The van der Waals surface area contributed by atoms with Crippen molar-refractivity contribution in [2.75, 3.05) is 0 Å². The van der Waals surface area contributed by atoms with Gasteiger partial charge in [-0.3, -0.25) is 0 Å². The number of halogens is 4. The summed E-state index contributed by atoms with van der Waals surface area (Å²) >= 11 is 12.6. The average molecular weight is 354 g/mol. The van der Waals surface area contributed by atoms with E-state index in [-0.39, 0.29) is 17.6 Å². The number of hydrogen-bond acceptors (Lipinski definition) is 1. The van der Waals surface area contributed by atoms with Crippen LogP contribution in [0.3, 0.4) is 0 Å². The SMILES string of the molecule is N#CC(CC(Cl)c1ccc(F)cc1)CC(Cl)c1ccc(F)cc1. The van der Waals surface area contributed by atoms with Crippen LogP contribution in [0.2, 0.25) is 0 Å². The van der Waals surface area contributed by atoms with Gasteiger partial charge in [-0.25, -0.2) is 8.78 Å². The van der Waals surface area contributed by atoms with Crippen molar-refractivity contribution >= 4 is 23.2 Å². The summed E-state index contributed by atoms with van der Waals surface area (Å²) in [6.45, 7) is 0. The zero-order chi connectivity index (χ0) is 16.8. The smallest absolute Gasteiger partial charge is 0.123 e. The number of rotatable bonds is 6. The Morgan fingerprint density at radius 3 is 1.43 bits per heavy atom. The number of nitrogens with zero attached hydrogens (tertiary/aromatic N) is 1. The van der Waals surface area contributed by atoms with Crippen LogP contribution in [-0.2, 0) is 0 Å². The molecule has 0 fully saturated rings. The zero-order valence-corrected chi connectivity index (χ0v) is 13.7. The molecule has 0 aliphatic heterocycles. The van der Waals surface area contributed by atoms with Crippen LogP contribution in [0, 0.1) is 28.9 Å². The maximum Gasteiger partial charge on any atom is 0.123 e. The van der Waals surface area contributed by atoms with E-state index in [2.05, 4.69) is 6.07 Å². The van der Waals surface area contributed by atoms with E-state index in [1.165, 1.54) is 24.3 Å². The number of alkyl halides is 2. The molecule has 0 saturated carbocycles. The Bertz CT molecular complexity index is 611. The van der Waals surface area contributed by atoms with Crippen molar-refractivity contribution in [1.29, 1.82) is 5.26 Å². The summed E-state index contributed by atoms with van der Waals surface area (Å²) in [7, 11) is 0. The van der Waals surface area contributed by atoms with Crippen LogP contribution in [0.5, 0.6) is 0 Å². The molecule has 1 nitrogen and oxygen atoms in total. The van der Waals surface area contributed by atoms with E-state index in [1.54, 1.807) is 24.3 Å². The highest BCUT2D eigenvalue weighted by Gasteiger charge is 2.20. The molecule has 0 radical (unpaired) electrons. The quantitative estimate of drug-likeness (QED) is 0.571. The summed E-state index contributed by atoms with van der Waals surface area (Å²) < 4.78 is 25.9. The van der Waals surface area contributed by atoms with Crippen LogP contribution in [0.4, 0.5) is 8.78 Å². The molecule has 2 rings (SSSR count). The summed E-state index contributed by atoms with van der Waals surface area (Å²) in [5.41, 5.74) is 1.53. The highest BCUT2D eigenvalue weighted by Crippen LogP contribution is 2.34. The minimum Gasteiger partial charge on any atom is -0.207 e. The Kier molecular flexibility index (Phi) is 6.38. The van der Waals surface area contributed by atoms with Crippen LogP contribution >= 0.6 is 23.2 Å². The second kappa shape index (κ2) is 8.29. The summed E-state index contributed by atoms with van der Waals surface area (Å²) in [6, 6.07) is 14.0. The summed E-state index contributed by atoms with van der Waals surface area (Å²) in [5, 5.41) is 8.54. The van der Waals surface area contributed by atoms with Gasteiger partial charge < -0.3 is 0 Å². The van der Waals surface area contributed by atoms with E-state index >= 15 is 0 Å². The van der Waals surface area contributed by atoms with Gasteiger partial charge in [0, 0.05) is 5.92 Å². The Labute approximate surface area is 144 Å². The molecule has 0 heterocycles. The predicted octanol–water partition coefficient (Wildman–Crippen LogP) is 6.14. The Hall–Kier alpha value is -1.63. The van der Waals surface area contributed by atoms with Crippen molar-refractivity contribution < 1.29 is 8.78 Å². The maximum atomic E-state index is 12.9. The standard InChI is InChI=1S/C18H15Cl2F2N/c19-17(13-1-5-15(21)6-2-13)9-12(11-23)10-18(20)14-3-7-16(22)8-4-14/h1-8,12,17-18H,9-10H2. The lowest BCUT2D eigenvalue weighted by Crippen LogP contribution is -2.06. The molecular weight excluding hydrogens is 339 g/mol. The molecule has 0 spiro atoms. The van der Waals surface area contributed by atoms with Crippen molar-refractivity contribution in [3.05, 3.63) is 71.3 Å². The predicted molar refractivity (Wildman–Crippen MR) is 88.3 cm³/mol. The molecule has 2 aromatic carbocycles. The van der Waals surface area contributed by atoms with E-state index in [0.717, 1.165) is 11.1 Å². The lowest BCUT2D eigenvalue weighted by Gasteiger charge is -2.17. The minimum atomic E-state index is -0.391. The van der Waals surface area contributed by atoms with Gasteiger partial charge in [0.1, 0.15) is 11.6 Å². The Balaban J connectivity index is 1.98. The first-order valence-corrected chi connectivity index (χ1v) is 8.05. The van der Waals surface area contributed by atoms with Crippen LogP contribution in [0.1, 0.15) is 34.7 Å². The fraction of sp³-hybridized carbons (Fsp3) is 0.278. The Morgan fingerprint density at radius 2 is 1.13 bits per heavy atom. The van der Waals surface area contributed by atoms with Crippen LogP contribution in [0.15, 0.2) is 48.5 Å². The molecule has 2 atom stereocenters. The molecule has 2 aromatic rings. The molecule has 0 amide bonds. The fourth-order valence-electron chi connectivity index (χ4n) is 2.32. The molecule has 0 aliphatic carbocycles. The highest BCUT2D eigenvalue weighted by atomic mass is 35.5.